The van der Waals surface area contributed by atoms with Crippen LogP contribution in [0.3, 0.4) is 0 Å². The van der Waals surface area contributed by atoms with E-state index in [2.05, 4.69) is 38.1 Å². The molecule has 2 N–H and O–H groups in total. The van der Waals surface area contributed by atoms with Crippen LogP contribution in [0.1, 0.15) is 36.9 Å². The molecule has 1 fully saturated rings. The molecule has 0 radical (unpaired) electrons. The van der Waals surface area contributed by atoms with Gasteiger partial charge in [-0.2, -0.15) is 0 Å². The second-order valence-electron chi connectivity index (χ2n) is 4.92. The molecule has 2 atom stereocenters. The maximum atomic E-state index is 6.17. The Balaban J connectivity index is 1.88. The molecule has 0 aliphatic heterocycles. The lowest BCUT2D eigenvalue weighted by Crippen LogP contribution is -2.27. The molecule has 1 aromatic rings. The summed E-state index contributed by atoms with van der Waals surface area (Å²) >= 11 is 0. The summed E-state index contributed by atoms with van der Waals surface area (Å²) in [5, 5.41) is 0. The van der Waals surface area contributed by atoms with Crippen LogP contribution in [-0.4, -0.2) is 12.7 Å². The van der Waals surface area contributed by atoms with E-state index in [0.717, 1.165) is 18.1 Å². The van der Waals surface area contributed by atoms with Crippen molar-refractivity contribution >= 4 is 0 Å². The lowest BCUT2D eigenvalue weighted by atomic mass is 10.0. The van der Waals surface area contributed by atoms with E-state index in [1.54, 1.807) is 0 Å². The standard InChI is InChI=1S/C14H21NO/c1-10-3-7-13(8-4-10)14(15)11(2)16-9-12-5-6-12/h3-4,7-8,11-12,14H,5-6,9,15H2,1-2H3. The summed E-state index contributed by atoms with van der Waals surface area (Å²) in [6, 6.07) is 8.37. The quantitative estimate of drug-likeness (QED) is 0.826. The van der Waals surface area contributed by atoms with Crippen molar-refractivity contribution in [3.05, 3.63) is 35.4 Å². The zero-order valence-electron chi connectivity index (χ0n) is 10.1. The lowest BCUT2D eigenvalue weighted by Gasteiger charge is -2.21. The van der Waals surface area contributed by atoms with Crippen molar-refractivity contribution in [2.45, 2.75) is 38.8 Å². The van der Waals surface area contributed by atoms with Gasteiger partial charge in [0.25, 0.3) is 0 Å². The van der Waals surface area contributed by atoms with E-state index in [9.17, 15) is 0 Å². The van der Waals surface area contributed by atoms with E-state index in [4.69, 9.17) is 10.5 Å². The summed E-state index contributed by atoms with van der Waals surface area (Å²) in [6.07, 6.45) is 2.75. The van der Waals surface area contributed by atoms with E-state index in [0.29, 0.717) is 0 Å². The summed E-state index contributed by atoms with van der Waals surface area (Å²) in [5.74, 6) is 0.799. The Morgan fingerprint density at radius 2 is 1.94 bits per heavy atom. The van der Waals surface area contributed by atoms with Gasteiger partial charge >= 0.3 is 0 Å². The summed E-state index contributed by atoms with van der Waals surface area (Å²) < 4.78 is 5.79. The van der Waals surface area contributed by atoms with Gasteiger partial charge in [-0.05, 0) is 38.2 Å². The predicted molar refractivity (Wildman–Crippen MR) is 66.2 cm³/mol. The number of ether oxygens (including phenoxy) is 1. The van der Waals surface area contributed by atoms with Gasteiger partial charge in [0.2, 0.25) is 0 Å². The molecule has 2 unspecified atom stereocenters. The molecule has 2 nitrogen and oxygen atoms in total. The predicted octanol–water partition coefficient (Wildman–Crippen LogP) is 2.81. The van der Waals surface area contributed by atoms with Crippen molar-refractivity contribution in [1.29, 1.82) is 0 Å². The fourth-order valence-electron chi connectivity index (χ4n) is 1.74. The molecule has 1 saturated carbocycles. The van der Waals surface area contributed by atoms with Gasteiger partial charge in [-0.1, -0.05) is 29.8 Å². The summed E-state index contributed by atoms with van der Waals surface area (Å²) in [6.45, 7) is 5.02. The summed E-state index contributed by atoms with van der Waals surface area (Å²) in [7, 11) is 0. The molecule has 0 heterocycles. The zero-order chi connectivity index (χ0) is 11.5. The monoisotopic (exact) mass is 219 g/mol. The van der Waals surface area contributed by atoms with Crippen LogP contribution in [-0.2, 0) is 4.74 Å². The number of benzene rings is 1. The van der Waals surface area contributed by atoms with Crippen LogP contribution in [0.25, 0.3) is 0 Å². The van der Waals surface area contributed by atoms with E-state index in [1.165, 1.54) is 18.4 Å². The molecule has 2 rings (SSSR count). The third kappa shape index (κ3) is 3.06. The van der Waals surface area contributed by atoms with Gasteiger partial charge in [0, 0.05) is 6.61 Å². The van der Waals surface area contributed by atoms with Gasteiger partial charge in [0.05, 0.1) is 12.1 Å². The zero-order valence-corrected chi connectivity index (χ0v) is 10.1. The lowest BCUT2D eigenvalue weighted by molar-refractivity contribution is 0.0410. The van der Waals surface area contributed by atoms with Gasteiger partial charge in [-0.15, -0.1) is 0 Å². The molecular weight excluding hydrogens is 198 g/mol. The molecule has 1 aliphatic rings. The van der Waals surface area contributed by atoms with Crippen molar-refractivity contribution in [3.63, 3.8) is 0 Å². The molecule has 0 spiro atoms. The maximum Gasteiger partial charge on any atom is 0.0739 e. The Kier molecular flexibility index (Phi) is 3.62. The molecular formula is C14H21NO. The summed E-state index contributed by atoms with van der Waals surface area (Å²) in [4.78, 5) is 0. The molecule has 1 aliphatic carbocycles. The number of rotatable bonds is 5. The second kappa shape index (κ2) is 4.98. The van der Waals surface area contributed by atoms with Crippen LogP contribution < -0.4 is 5.73 Å². The molecule has 1 aromatic carbocycles. The second-order valence-corrected chi connectivity index (χ2v) is 4.92. The first kappa shape index (κ1) is 11.6. The summed E-state index contributed by atoms with van der Waals surface area (Å²) in [5.41, 5.74) is 8.60. The van der Waals surface area contributed by atoms with Crippen molar-refractivity contribution in [2.24, 2.45) is 11.7 Å². The van der Waals surface area contributed by atoms with Gasteiger partial charge < -0.3 is 10.5 Å². The van der Waals surface area contributed by atoms with Crippen LogP contribution >= 0.6 is 0 Å². The van der Waals surface area contributed by atoms with Gasteiger partial charge in [0.1, 0.15) is 0 Å². The fourth-order valence-corrected chi connectivity index (χ4v) is 1.74. The Hall–Kier alpha value is -0.860. The molecule has 0 aromatic heterocycles. The Morgan fingerprint density at radius 1 is 1.31 bits per heavy atom. The Morgan fingerprint density at radius 3 is 2.50 bits per heavy atom. The minimum Gasteiger partial charge on any atom is -0.376 e. The van der Waals surface area contributed by atoms with Crippen molar-refractivity contribution in [2.75, 3.05) is 6.61 Å². The number of aryl methyl sites for hydroxylation is 1. The van der Waals surface area contributed by atoms with Gasteiger partial charge in [0.15, 0.2) is 0 Å². The minimum atomic E-state index is -0.0145. The first-order valence-corrected chi connectivity index (χ1v) is 6.10. The van der Waals surface area contributed by atoms with Crippen molar-refractivity contribution < 1.29 is 4.74 Å². The van der Waals surface area contributed by atoms with Gasteiger partial charge in [-0.25, -0.2) is 0 Å². The van der Waals surface area contributed by atoms with Crippen molar-refractivity contribution in [3.8, 4) is 0 Å². The normalized spacial score (nSPS) is 19.4. The maximum absolute atomic E-state index is 6.17. The highest BCUT2D eigenvalue weighted by Crippen LogP contribution is 2.30. The highest BCUT2D eigenvalue weighted by molar-refractivity contribution is 5.24. The average molecular weight is 219 g/mol. The molecule has 0 saturated heterocycles. The van der Waals surface area contributed by atoms with Crippen LogP contribution in [0.15, 0.2) is 24.3 Å². The average Bonchev–Trinajstić information content (AvgIpc) is 3.10. The Labute approximate surface area is 97.8 Å². The molecule has 0 amide bonds. The topological polar surface area (TPSA) is 35.2 Å². The SMILES string of the molecule is Cc1ccc(C(N)C(C)OCC2CC2)cc1. The van der Waals surface area contributed by atoms with E-state index in [1.807, 2.05) is 0 Å². The van der Waals surface area contributed by atoms with Crippen molar-refractivity contribution in [1.82, 2.24) is 0 Å². The highest BCUT2D eigenvalue weighted by atomic mass is 16.5. The fraction of sp³-hybridized carbons (Fsp3) is 0.571. The van der Waals surface area contributed by atoms with Crippen LogP contribution in [0.2, 0.25) is 0 Å². The van der Waals surface area contributed by atoms with Crippen LogP contribution in [0, 0.1) is 12.8 Å². The van der Waals surface area contributed by atoms with E-state index in [-0.39, 0.29) is 12.1 Å². The first-order valence-electron chi connectivity index (χ1n) is 6.10. The highest BCUT2D eigenvalue weighted by Gasteiger charge is 2.24. The smallest absolute Gasteiger partial charge is 0.0739 e. The minimum absolute atomic E-state index is 0.0145. The molecule has 2 heteroatoms. The van der Waals surface area contributed by atoms with Crippen LogP contribution in [0.5, 0.6) is 0 Å². The Bertz CT molecular complexity index is 329. The largest absolute Gasteiger partial charge is 0.376 e. The molecule has 16 heavy (non-hydrogen) atoms. The first-order chi connectivity index (χ1) is 7.66. The number of hydrogen-bond donors (Lipinski definition) is 1. The van der Waals surface area contributed by atoms with Crippen LogP contribution in [0.4, 0.5) is 0 Å². The van der Waals surface area contributed by atoms with E-state index < -0.39 is 0 Å². The number of hydrogen-bond acceptors (Lipinski definition) is 2. The molecule has 0 bridgehead atoms. The third-order valence-electron chi connectivity index (χ3n) is 3.26. The number of nitrogens with two attached hydrogens (primary N) is 1. The molecule has 88 valence electrons. The van der Waals surface area contributed by atoms with E-state index >= 15 is 0 Å². The van der Waals surface area contributed by atoms with Gasteiger partial charge in [-0.3, -0.25) is 0 Å². The third-order valence-corrected chi connectivity index (χ3v) is 3.26.